The molecule has 0 aliphatic heterocycles. The summed E-state index contributed by atoms with van der Waals surface area (Å²) >= 11 is 0. The van der Waals surface area contributed by atoms with Gasteiger partial charge in [-0.1, -0.05) is 24.3 Å². The maximum atomic E-state index is 13.4. The van der Waals surface area contributed by atoms with E-state index in [0.717, 1.165) is 6.07 Å². The highest BCUT2D eigenvalue weighted by Gasteiger charge is 2.12. The number of rotatable bonds is 4. The Balaban J connectivity index is 2.24. The lowest BCUT2D eigenvalue weighted by Crippen LogP contribution is -2.06. The summed E-state index contributed by atoms with van der Waals surface area (Å²) in [6.45, 7) is -0.0550. The summed E-state index contributed by atoms with van der Waals surface area (Å²) in [7, 11) is 0. The van der Waals surface area contributed by atoms with Crippen LogP contribution in [0.3, 0.4) is 0 Å². The highest BCUT2D eigenvalue weighted by Crippen LogP contribution is 2.22. The number of nitrogens with zero attached hydrogens (tertiary/aromatic N) is 1. The number of ether oxygens (including phenoxy) is 1. The van der Waals surface area contributed by atoms with Gasteiger partial charge in [-0.25, -0.2) is 9.18 Å². The summed E-state index contributed by atoms with van der Waals surface area (Å²) in [4.78, 5) is 11.0. The quantitative estimate of drug-likeness (QED) is 0.928. The summed E-state index contributed by atoms with van der Waals surface area (Å²) in [6.07, 6.45) is 0. The van der Waals surface area contributed by atoms with E-state index < -0.39 is 11.8 Å². The largest absolute Gasteiger partial charge is 0.487 e. The minimum Gasteiger partial charge on any atom is -0.487 e. The Morgan fingerprint density at radius 3 is 2.70 bits per heavy atom. The molecular formula is C15H10FNO3. The second-order valence-corrected chi connectivity index (χ2v) is 3.98. The van der Waals surface area contributed by atoms with Gasteiger partial charge in [0.15, 0.2) is 0 Å². The van der Waals surface area contributed by atoms with E-state index >= 15 is 0 Å². The van der Waals surface area contributed by atoms with Crippen LogP contribution in [0.5, 0.6) is 5.75 Å². The van der Waals surface area contributed by atoms with Crippen molar-refractivity contribution in [2.75, 3.05) is 0 Å². The predicted molar refractivity (Wildman–Crippen MR) is 68.8 cm³/mol. The van der Waals surface area contributed by atoms with Gasteiger partial charge in [-0.3, -0.25) is 0 Å². The second-order valence-electron chi connectivity index (χ2n) is 3.98. The van der Waals surface area contributed by atoms with Gasteiger partial charge in [0, 0.05) is 5.56 Å². The predicted octanol–water partition coefficient (Wildman–Crippen LogP) is 2.97. The molecule has 2 aromatic carbocycles. The molecule has 2 rings (SSSR count). The van der Waals surface area contributed by atoms with E-state index in [2.05, 4.69) is 0 Å². The summed E-state index contributed by atoms with van der Waals surface area (Å²) in [6, 6.07) is 12.1. The Kier molecular flexibility index (Phi) is 3.96. The van der Waals surface area contributed by atoms with E-state index in [4.69, 9.17) is 15.1 Å². The van der Waals surface area contributed by atoms with Crippen molar-refractivity contribution < 1.29 is 19.0 Å². The van der Waals surface area contributed by atoms with Crippen LogP contribution in [0.25, 0.3) is 0 Å². The number of hydrogen-bond donors (Lipinski definition) is 1. The first-order valence-electron chi connectivity index (χ1n) is 5.76. The fourth-order valence-electron chi connectivity index (χ4n) is 1.74. The van der Waals surface area contributed by atoms with Crippen molar-refractivity contribution >= 4 is 5.97 Å². The molecule has 0 aliphatic carbocycles. The number of benzene rings is 2. The molecule has 0 heterocycles. The highest BCUT2D eigenvalue weighted by atomic mass is 19.1. The van der Waals surface area contributed by atoms with E-state index in [0.29, 0.717) is 5.56 Å². The molecule has 0 fully saturated rings. The smallest absolute Gasteiger partial charge is 0.336 e. The first-order valence-corrected chi connectivity index (χ1v) is 5.76. The maximum Gasteiger partial charge on any atom is 0.336 e. The Bertz CT molecular complexity index is 692. The second kappa shape index (κ2) is 5.85. The molecule has 0 amide bonds. The molecule has 100 valence electrons. The van der Waals surface area contributed by atoms with E-state index in [1.54, 1.807) is 24.3 Å². The molecule has 4 nitrogen and oxygen atoms in total. The van der Waals surface area contributed by atoms with Crippen LogP contribution in [0.2, 0.25) is 0 Å². The van der Waals surface area contributed by atoms with E-state index in [1.807, 2.05) is 0 Å². The first-order chi connectivity index (χ1) is 9.63. The minimum atomic E-state index is -1.07. The molecule has 5 heteroatoms. The third-order valence-corrected chi connectivity index (χ3v) is 2.72. The Morgan fingerprint density at radius 2 is 2.00 bits per heavy atom. The van der Waals surface area contributed by atoms with Crippen LogP contribution in [-0.2, 0) is 6.61 Å². The zero-order valence-corrected chi connectivity index (χ0v) is 10.3. The van der Waals surface area contributed by atoms with Gasteiger partial charge in [-0.2, -0.15) is 5.26 Å². The van der Waals surface area contributed by atoms with Crippen molar-refractivity contribution in [1.29, 1.82) is 5.26 Å². The van der Waals surface area contributed by atoms with Gasteiger partial charge >= 0.3 is 5.97 Å². The molecule has 0 saturated heterocycles. The van der Waals surface area contributed by atoms with Gasteiger partial charge in [0.1, 0.15) is 29.8 Å². The van der Waals surface area contributed by atoms with Crippen molar-refractivity contribution in [2.24, 2.45) is 0 Å². The molecule has 0 radical (unpaired) electrons. The number of carboxylic acids is 1. The Morgan fingerprint density at radius 1 is 1.25 bits per heavy atom. The average molecular weight is 271 g/mol. The lowest BCUT2D eigenvalue weighted by atomic mass is 10.1. The summed E-state index contributed by atoms with van der Waals surface area (Å²) in [5.41, 5.74) is 0.371. The van der Waals surface area contributed by atoms with Crippen molar-refractivity contribution in [3.8, 4) is 11.8 Å². The molecule has 20 heavy (non-hydrogen) atoms. The zero-order chi connectivity index (χ0) is 14.5. The third kappa shape index (κ3) is 2.75. The van der Waals surface area contributed by atoms with Crippen LogP contribution < -0.4 is 4.74 Å². The molecule has 1 N–H and O–H groups in total. The van der Waals surface area contributed by atoms with Crippen LogP contribution in [-0.4, -0.2) is 11.1 Å². The SMILES string of the molecule is N#Cc1c(F)cccc1OCc1ccccc1C(=O)O. The van der Waals surface area contributed by atoms with Crippen LogP contribution in [0.15, 0.2) is 42.5 Å². The molecule has 0 saturated carbocycles. The summed E-state index contributed by atoms with van der Waals surface area (Å²) in [5, 5.41) is 17.9. The van der Waals surface area contributed by atoms with Gasteiger partial charge in [0.25, 0.3) is 0 Å². The molecule has 0 aromatic heterocycles. The van der Waals surface area contributed by atoms with Crippen LogP contribution in [0.1, 0.15) is 21.5 Å². The van der Waals surface area contributed by atoms with Crippen molar-refractivity contribution in [1.82, 2.24) is 0 Å². The Labute approximate surface area is 114 Å². The number of aromatic carboxylic acids is 1. The zero-order valence-electron chi connectivity index (χ0n) is 10.3. The average Bonchev–Trinajstić information content (AvgIpc) is 2.45. The van der Waals surface area contributed by atoms with E-state index in [-0.39, 0.29) is 23.5 Å². The molecule has 0 unspecified atom stereocenters. The van der Waals surface area contributed by atoms with Crippen LogP contribution in [0, 0.1) is 17.1 Å². The first kappa shape index (κ1) is 13.6. The van der Waals surface area contributed by atoms with Gasteiger partial charge in [0.2, 0.25) is 0 Å². The molecule has 0 bridgehead atoms. The topological polar surface area (TPSA) is 70.3 Å². The molecular weight excluding hydrogens is 261 g/mol. The van der Waals surface area contributed by atoms with Crippen LogP contribution in [0.4, 0.5) is 4.39 Å². The maximum absolute atomic E-state index is 13.4. The lowest BCUT2D eigenvalue weighted by Gasteiger charge is -2.10. The summed E-state index contributed by atoms with van der Waals surface area (Å²) < 4.78 is 18.7. The van der Waals surface area contributed by atoms with Gasteiger partial charge in [0.05, 0.1) is 5.56 Å². The summed E-state index contributed by atoms with van der Waals surface area (Å²) in [5.74, 6) is -1.65. The number of hydrogen-bond acceptors (Lipinski definition) is 3. The molecule has 2 aromatic rings. The van der Waals surface area contributed by atoms with E-state index in [9.17, 15) is 9.18 Å². The number of nitriles is 1. The fourth-order valence-corrected chi connectivity index (χ4v) is 1.74. The molecule has 0 aliphatic rings. The Hall–Kier alpha value is -2.87. The van der Waals surface area contributed by atoms with Crippen molar-refractivity contribution in [3.63, 3.8) is 0 Å². The standard InChI is InChI=1S/C15H10FNO3/c16-13-6-3-7-14(12(13)8-17)20-9-10-4-1-2-5-11(10)15(18)19/h1-7H,9H2,(H,18,19). The minimum absolute atomic E-state index is 0.0550. The number of carboxylic acid groups (broad SMARTS) is 1. The number of carbonyl (C=O) groups is 1. The van der Waals surface area contributed by atoms with E-state index in [1.165, 1.54) is 18.2 Å². The van der Waals surface area contributed by atoms with Crippen molar-refractivity contribution in [3.05, 3.63) is 65.0 Å². The monoisotopic (exact) mass is 271 g/mol. The normalized spacial score (nSPS) is 9.80. The third-order valence-electron chi connectivity index (χ3n) is 2.72. The molecule has 0 atom stereocenters. The number of halogens is 1. The fraction of sp³-hybridized carbons (Fsp3) is 0.0667. The van der Waals surface area contributed by atoms with Crippen molar-refractivity contribution in [2.45, 2.75) is 6.61 Å². The lowest BCUT2D eigenvalue weighted by molar-refractivity contribution is 0.0694. The molecule has 0 spiro atoms. The van der Waals surface area contributed by atoms with Crippen LogP contribution >= 0.6 is 0 Å². The van der Waals surface area contributed by atoms with Gasteiger partial charge in [-0.05, 0) is 18.2 Å². The van der Waals surface area contributed by atoms with Gasteiger partial charge in [-0.15, -0.1) is 0 Å². The highest BCUT2D eigenvalue weighted by molar-refractivity contribution is 5.89. The van der Waals surface area contributed by atoms with Gasteiger partial charge < -0.3 is 9.84 Å².